The summed E-state index contributed by atoms with van der Waals surface area (Å²) < 4.78 is 32.5. The average molecular weight is 413 g/mol. The van der Waals surface area contributed by atoms with E-state index in [1.807, 2.05) is 43.3 Å². The number of fused-ring (bicyclic) bond motifs is 2. The molecule has 0 aliphatic heterocycles. The first kappa shape index (κ1) is 19.5. The van der Waals surface area contributed by atoms with Crippen molar-refractivity contribution in [1.82, 2.24) is 9.97 Å². The Bertz CT molecular complexity index is 1400. The molecule has 31 heavy (non-hydrogen) atoms. The Morgan fingerprint density at radius 1 is 0.871 bits per heavy atom. The Morgan fingerprint density at radius 2 is 1.42 bits per heavy atom. The number of rotatable bonds is 3. The molecule has 2 aromatic carbocycles. The Labute approximate surface area is 182 Å². The van der Waals surface area contributed by atoms with E-state index < -0.39 is 0 Å². The third kappa shape index (κ3) is 4.24. The first-order chi connectivity index (χ1) is 15.3. The maximum absolute atomic E-state index is 8.93. The van der Waals surface area contributed by atoms with Crippen molar-refractivity contribution in [2.75, 3.05) is 0 Å². The van der Waals surface area contributed by atoms with Crippen LogP contribution in [-0.4, -0.2) is 26.0 Å². The molecule has 0 unspecified atom stereocenters. The van der Waals surface area contributed by atoms with E-state index in [-0.39, 0.29) is 5.41 Å². The molecule has 1 radical (unpaired) electrons. The second-order valence-corrected chi connectivity index (χ2v) is 8.24. The predicted molar refractivity (Wildman–Crippen MR) is 122 cm³/mol. The van der Waals surface area contributed by atoms with Crippen molar-refractivity contribution in [2.24, 2.45) is 0 Å². The summed E-state index contributed by atoms with van der Waals surface area (Å²) >= 11 is 0. The van der Waals surface area contributed by atoms with E-state index in [1.54, 1.807) is 0 Å². The molecule has 6 nitrogen and oxygen atoms in total. The molecule has 5 rings (SSSR count). The van der Waals surface area contributed by atoms with E-state index >= 15 is 0 Å². The quantitative estimate of drug-likeness (QED) is 0.371. The van der Waals surface area contributed by atoms with Crippen molar-refractivity contribution in [3.63, 3.8) is 0 Å². The third-order valence-electron chi connectivity index (χ3n) is 4.82. The molecule has 0 saturated carbocycles. The van der Waals surface area contributed by atoms with Gasteiger partial charge in [-0.15, -0.1) is 0 Å². The Hall–Kier alpha value is -3.41. The summed E-state index contributed by atoms with van der Waals surface area (Å²) in [6, 6.07) is 15.6. The minimum atomic E-state index is 0.0521. The van der Waals surface area contributed by atoms with Gasteiger partial charge < -0.3 is 13.3 Å². The van der Waals surface area contributed by atoms with Gasteiger partial charge in [-0.25, -0.2) is 9.97 Å². The zero-order valence-corrected chi connectivity index (χ0v) is 17.8. The summed E-state index contributed by atoms with van der Waals surface area (Å²) in [7, 11) is 1.11. The summed E-state index contributed by atoms with van der Waals surface area (Å²) in [5.41, 5.74) is 5.49. The van der Waals surface area contributed by atoms with Gasteiger partial charge in [0.05, 0.1) is 0 Å². The number of aromatic nitrogens is 2. The van der Waals surface area contributed by atoms with E-state index in [1.165, 1.54) is 5.56 Å². The van der Waals surface area contributed by atoms with Crippen LogP contribution in [0.15, 0.2) is 61.8 Å². The Kier molecular flexibility index (Phi) is 5.06. The predicted octanol–water partition coefficient (Wildman–Crippen LogP) is 5.35. The van der Waals surface area contributed by atoms with Crippen LogP contribution in [0.1, 0.15) is 31.9 Å². The van der Waals surface area contributed by atoms with Crippen LogP contribution in [0.5, 0.6) is 0 Å². The number of aryl methyl sites for hydroxylation is 1. The summed E-state index contributed by atoms with van der Waals surface area (Å²) in [6.45, 7) is 8.55. The van der Waals surface area contributed by atoms with E-state index in [9.17, 15) is 0 Å². The summed E-state index contributed by atoms with van der Waals surface area (Å²) in [6.07, 6.45) is 0. The van der Waals surface area contributed by atoms with Crippen LogP contribution >= 0.6 is 0 Å². The van der Waals surface area contributed by atoms with Gasteiger partial charge in [-0.3, -0.25) is 0 Å². The van der Waals surface area contributed by atoms with E-state index in [2.05, 4.69) is 42.9 Å². The van der Waals surface area contributed by atoms with Crippen LogP contribution < -0.4 is 0 Å². The maximum atomic E-state index is 8.93. The zero-order valence-electron chi connectivity index (χ0n) is 18.8. The molecular formula is C23H21B2N2O4. The van der Waals surface area contributed by atoms with Crippen LogP contribution in [0, 0.1) is 6.92 Å². The monoisotopic (exact) mass is 413 g/mol. The number of hydrogen-bond acceptors (Lipinski definition) is 6. The van der Waals surface area contributed by atoms with Gasteiger partial charge in [0.25, 0.3) is 11.8 Å². The van der Waals surface area contributed by atoms with Crippen molar-refractivity contribution >= 4 is 36.9 Å². The number of oxazole rings is 2. The second kappa shape index (κ2) is 8.02. The number of furan rings is 1. The molecule has 0 aliphatic carbocycles. The van der Waals surface area contributed by atoms with Gasteiger partial charge in [0.1, 0.15) is 11.0 Å². The number of hydrogen-bond donors (Lipinski definition) is 0. The van der Waals surface area contributed by atoms with Gasteiger partial charge >= 0.3 is 20.8 Å². The molecule has 153 valence electrons. The summed E-state index contributed by atoms with van der Waals surface area (Å²) in [4.78, 5) is 9.13. The Morgan fingerprint density at radius 3 is 1.97 bits per heavy atom. The van der Waals surface area contributed by atoms with Crippen molar-refractivity contribution in [1.29, 1.82) is 1.34 Å². The normalized spacial score (nSPS) is 11.7. The van der Waals surface area contributed by atoms with E-state index in [0.717, 1.165) is 27.8 Å². The van der Waals surface area contributed by atoms with E-state index in [0.29, 0.717) is 38.0 Å². The fraction of sp³-hybridized carbons (Fsp3) is 0.217. The number of nitrogens with zero attached hydrogens (tertiary/aromatic N) is 2. The molecule has 0 N–H and O–H groups in total. The van der Waals surface area contributed by atoms with Crippen LogP contribution in [0.25, 0.3) is 45.5 Å². The topological polar surface area (TPSA) is 82.3 Å². The molecule has 5 aromatic rings. The van der Waals surface area contributed by atoms with Crippen LogP contribution in [0.2, 0.25) is 0 Å². The van der Waals surface area contributed by atoms with Gasteiger partial charge in [0.15, 0.2) is 22.7 Å². The number of benzene rings is 2. The van der Waals surface area contributed by atoms with Crippen molar-refractivity contribution in [3.05, 3.63) is 59.7 Å². The zero-order chi connectivity index (χ0) is 22.9. The molecule has 0 fully saturated rings. The molecule has 0 atom stereocenters. The van der Waals surface area contributed by atoms with Crippen LogP contribution in [0.3, 0.4) is 0 Å². The van der Waals surface area contributed by atoms with Crippen LogP contribution in [0.4, 0.5) is 0 Å². The average Bonchev–Trinajstić information content (AvgIpc) is 3.49. The molecular weight excluding hydrogens is 390 g/mol. The molecule has 0 spiro atoms. The van der Waals surface area contributed by atoms with Gasteiger partial charge in [-0.05, 0) is 59.9 Å². The molecule has 3 heterocycles. The summed E-state index contributed by atoms with van der Waals surface area (Å²) in [5.74, 6) is 1.97. The van der Waals surface area contributed by atoms with Crippen LogP contribution in [-0.2, 0) is 10.1 Å². The fourth-order valence-electron chi connectivity index (χ4n) is 3.21. The SMILES string of the molecule is Cc1ccc2oc(-c3ccc(-c4nc5cc(C(C)(C)C)ccc5o4)o3)nc2c1.[3H][B]B=O. The van der Waals surface area contributed by atoms with Gasteiger partial charge in [0, 0.05) is 0 Å². The minimum absolute atomic E-state index is 0.0521. The van der Waals surface area contributed by atoms with Crippen molar-refractivity contribution in [2.45, 2.75) is 33.1 Å². The fourth-order valence-corrected chi connectivity index (χ4v) is 3.21. The summed E-state index contributed by atoms with van der Waals surface area (Å²) in [5, 5.41) is 0. The van der Waals surface area contributed by atoms with E-state index in [4.69, 9.17) is 19.3 Å². The van der Waals surface area contributed by atoms with Crippen molar-refractivity contribution < 1.29 is 18.0 Å². The molecule has 0 bridgehead atoms. The molecule has 0 amide bonds. The molecule has 3 aromatic heterocycles. The van der Waals surface area contributed by atoms with Gasteiger partial charge in [0.2, 0.25) is 0 Å². The van der Waals surface area contributed by atoms with Gasteiger partial charge in [-0.2, -0.15) is 0 Å². The molecule has 0 aliphatic rings. The standard InChI is InChI=1S/C23H20N2O3.B2HO/c1-13-5-7-17-15(11-13)24-21(27-17)19-9-10-20(26-19)22-25-16-12-14(23(2,3)4)6-8-18(16)28-22;1-2-3/h5-12H,1-4H3;1H/i;1T. The second-order valence-electron chi connectivity index (χ2n) is 8.24. The molecule has 8 heteroatoms. The van der Waals surface area contributed by atoms with Crippen molar-refractivity contribution in [3.8, 4) is 23.3 Å². The molecule has 0 saturated heterocycles. The first-order valence-electron chi connectivity index (χ1n) is 10.4. The third-order valence-corrected chi connectivity index (χ3v) is 4.82. The first-order valence-corrected chi connectivity index (χ1v) is 9.82. The Balaban J connectivity index is 0.000000567. The van der Waals surface area contributed by atoms with Gasteiger partial charge in [-0.1, -0.05) is 32.9 Å².